The molecule has 7 heteroatoms. The van der Waals surface area contributed by atoms with Crippen molar-refractivity contribution in [3.63, 3.8) is 0 Å². The van der Waals surface area contributed by atoms with E-state index < -0.39 is 12.0 Å². The lowest BCUT2D eigenvalue weighted by atomic mass is 10.1. The average molecular weight is 309 g/mol. The predicted molar refractivity (Wildman–Crippen MR) is 77.3 cm³/mol. The Morgan fingerprint density at radius 3 is 2.27 bits per heavy atom. The molecule has 120 valence electrons. The smallest absolute Gasteiger partial charge is 0.326 e. The van der Waals surface area contributed by atoms with Gasteiger partial charge in [0.15, 0.2) is 11.5 Å². The highest BCUT2D eigenvalue weighted by atomic mass is 16.5. The van der Waals surface area contributed by atoms with Gasteiger partial charge in [0.2, 0.25) is 11.7 Å². The van der Waals surface area contributed by atoms with Gasteiger partial charge in [-0.05, 0) is 24.1 Å². The molecule has 1 aliphatic heterocycles. The van der Waals surface area contributed by atoms with E-state index in [0.29, 0.717) is 23.7 Å². The summed E-state index contributed by atoms with van der Waals surface area (Å²) in [7, 11) is 4.51. The van der Waals surface area contributed by atoms with Crippen molar-refractivity contribution in [1.29, 1.82) is 0 Å². The molecule has 1 N–H and O–H groups in total. The number of hydrogen-bond donors (Lipinski definition) is 1. The number of aliphatic carboxylic acids is 1. The molecule has 1 aromatic carbocycles. The van der Waals surface area contributed by atoms with Crippen molar-refractivity contribution in [3.05, 3.63) is 17.7 Å². The second kappa shape index (κ2) is 6.55. The lowest BCUT2D eigenvalue weighted by molar-refractivity contribution is -0.146. The van der Waals surface area contributed by atoms with Crippen molar-refractivity contribution in [2.75, 3.05) is 21.3 Å². The van der Waals surface area contributed by atoms with Crippen molar-refractivity contribution < 1.29 is 28.9 Å². The number of amides is 1. The zero-order valence-electron chi connectivity index (χ0n) is 12.8. The summed E-state index contributed by atoms with van der Waals surface area (Å²) in [6, 6.07) is 2.64. The predicted octanol–water partition coefficient (Wildman–Crippen LogP) is 1.29. The fourth-order valence-corrected chi connectivity index (χ4v) is 2.61. The van der Waals surface area contributed by atoms with Gasteiger partial charge < -0.3 is 24.2 Å². The monoisotopic (exact) mass is 309 g/mol. The molecule has 0 spiro atoms. The lowest BCUT2D eigenvalue weighted by Crippen LogP contribution is -2.37. The first-order valence-electron chi connectivity index (χ1n) is 6.83. The number of carboxylic acids is 1. The SMILES string of the molecule is COc1cc(CN2C(=O)CC[C@H]2C(=O)O)cc(OC)c1OC. The first-order chi connectivity index (χ1) is 10.5. The highest BCUT2D eigenvalue weighted by Gasteiger charge is 2.36. The van der Waals surface area contributed by atoms with Gasteiger partial charge >= 0.3 is 5.97 Å². The molecule has 2 rings (SSSR count). The first kappa shape index (κ1) is 15.9. The summed E-state index contributed by atoms with van der Waals surface area (Å²) in [5.41, 5.74) is 0.719. The zero-order chi connectivity index (χ0) is 16.3. The Morgan fingerprint density at radius 1 is 1.23 bits per heavy atom. The number of rotatable bonds is 6. The number of nitrogens with zero attached hydrogens (tertiary/aromatic N) is 1. The molecule has 1 atom stereocenters. The van der Waals surface area contributed by atoms with Gasteiger partial charge in [0.1, 0.15) is 6.04 Å². The molecule has 0 radical (unpaired) electrons. The molecule has 7 nitrogen and oxygen atoms in total. The van der Waals surface area contributed by atoms with Crippen LogP contribution in [0.15, 0.2) is 12.1 Å². The van der Waals surface area contributed by atoms with Crippen LogP contribution in [0, 0.1) is 0 Å². The summed E-state index contributed by atoms with van der Waals surface area (Å²) in [6.45, 7) is 0.187. The topological polar surface area (TPSA) is 85.3 Å². The van der Waals surface area contributed by atoms with Crippen molar-refractivity contribution in [1.82, 2.24) is 4.90 Å². The quantitative estimate of drug-likeness (QED) is 0.852. The summed E-state index contributed by atoms with van der Waals surface area (Å²) < 4.78 is 15.8. The maximum atomic E-state index is 11.9. The van der Waals surface area contributed by atoms with E-state index in [2.05, 4.69) is 0 Å². The van der Waals surface area contributed by atoms with Crippen LogP contribution in [0.1, 0.15) is 18.4 Å². The van der Waals surface area contributed by atoms with Gasteiger partial charge in [-0.1, -0.05) is 0 Å². The van der Waals surface area contributed by atoms with Gasteiger partial charge in [-0.15, -0.1) is 0 Å². The summed E-state index contributed by atoms with van der Waals surface area (Å²) in [4.78, 5) is 24.5. The minimum absolute atomic E-state index is 0.166. The van der Waals surface area contributed by atoms with E-state index >= 15 is 0 Å². The second-order valence-electron chi connectivity index (χ2n) is 4.95. The number of methoxy groups -OCH3 is 3. The molecule has 0 saturated carbocycles. The van der Waals surface area contributed by atoms with Crippen LogP contribution in [-0.4, -0.2) is 49.3 Å². The summed E-state index contributed by atoms with van der Waals surface area (Å²) in [5, 5.41) is 9.20. The number of carbonyl (C=O) groups is 2. The molecule has 0 unspecified atom stereocenters. The van der Waals surface area contributed by atoms with E-state index in [9.17, 15) is 14.7 Å². The van der Waals surface area contributed by atoms with E-state index in [4.69, 9.17) is 14.2 Å². The number of benzene rings is 1. The number of hydrogen-bond acceptors (Lipinski definition) is 5. The molecule has 22 heavy (non-hydrogen) atoms. The largest absolute Gasteiger partial charge is 0.493 e. The molecule has 0 bridgehead atoms. The third-order valence-corrected chi connectivity index (χ3v) is 3.69. The van der Waals surface area contributed by atoms with E-state index in [0.717, 1.165) is 5.56 Å². The highest BCUT2D eigenvalue weighted by molar-refractivity contribution is 5.87. The van der Waals surface area contributed by atoms with Crippen LogP contribution >= 0.6 is 0 Å². The first-order valence-corrected chi connectivity index (χ1v) is 6.83. The summed E-state index contributed by atoms with van der Waals surface area (Å²) in [6.07, 6.45) is 0.583. The number of carbonyl (C=O) groups excluding carboxylic acids is 1. The van der Waals surface area contributed by atoms with E-state index in [1.54, 1.807) is 12.1 Å². The third kappa shape index (κ3) is 2.93. The Kier molecular flexibility index (Phi) is 4.75. The van der Waals surface area contributed by atoms with E-state index in [1.165, 1.54) is 26.2 Å². The van der Waals surface area contributed by atoms with Gasteiger partial charge in [0.25, 0.3) is 0 Å². The standard InChI is InChI=1S/C15H19NO6/c1-20-11-6-9(7-12(21-2)14(11)22-3)8-16-10(15(18)19)4-5-13(16)17/h6-7,10H,4-5,8H2,1-3H3,(H,18,19)/t10-/m0/s1. The van der Waals surface area contributed by atoms with Crippen LogP contribution in [0.3, 0.4) is 0 Å². The maximum absolute atomic E-state index is 11.9. The van der Waals surface area contributed by atoms with E-state index in [1.807, 2.05) is 0 Å². The minimum atomic E-state index is -0.988. The summed E-state index contributed by atoms with van der Waals surface area (Å²) >= 11 is 0. The van der Waals surface area contributed by atoms with Crippen LogP contribution < -0.4 is 14.2 Å². The van der Waals surface area contributed by atoms with Crippen LogP contribution in [0.4, 0.5) is 0 Å². The Bertz CT molecular complexity index is 560. The number of ether oxygens (including phenoxy) is 3. The lowest BCUT2D eigenvalue weighted by Gasteiger charge is -2.22. The second-order valence-corrected chi connectivity index (χ2v) is 4.95. The van der Waals surface area contributed by atoms with Crippen molar-refractivity contribution in [2.24, 2.45) is 0 Å². The number of likely N-dealkylation sites (tertiary alicyclic amines) is 1. The Hall–Kier alpha value is -2.44. The minimum Gasteiger partial charge on any atom is -0.493 e. The number of carboxylic acid groups (broad SMARTS) is 1. The molecular weight excluding hydrogens is 290 g/mol. The Morgan fingerprint density at radius 2 is 1.82 bits per heavy atom. The summed E-state index contributed by atoms with van der Waals surface area (Å²) in [5.74, 6) is 0.237. The van der Waals surface area contributed by atoms with Crippen molar-refractivity contribution in [3.8, 4) is 17.2 Å². The molecule has 0 aliphatic carbocycles. The molecular formula is C15H19NO6. The molecule has 1 saturated heterocycles. The van der Waals surface area contributed by atoms with Crippen LogP contribution in [0.25, 0.3) is 0 Å². The average Bonchev–Trinajstić information content (AvgIpc) is 2.87. The fraction of sp³-hybridized carbons (Fsp3) is 0.467. The fourth-order valence-electron chi connectivity index (χ4n) is 2.61. The van der Waals surface area contributed by atoms with Gasteiger partial charge in [0.05, 0.1) is 21.3 Å². The van der Waals surface area contributed by atoms with Gasteiger partial charge in [-0.25, -0.2) is 4.79 Å². The van der Waals surface area contributed by atoms with Gasteiger partial charge in [0, 0.05) is 13.0 Å². The van der Waals surface area contributed by atoms with Gasteiger partial charge in [-0.2, -0.15) is 0 Å². The molecule has 1 aliphatic rings. The third-order valence-electron chi connectivity index (χ3n) is 3.69. The van der Waals surface area contributed by atoms with Crippen molar-refractivity contribution >= 4 is 11.9 Å². The van der Waals surface area contributed by atoms with Gasteiger partial charge in [-0.3, -0.25) is 4.79 Å². The highest BCUT2D eigenvalue weighted by Crippen LogP contribution is 2.38. The normalized spacial score (nSPS) is 17.5. The Labute approximate surface area is 128 Å². The van der Waals surface area contributed by atoms with Crippen LogP contribution in [-0.2, 0) is 16.1 Å². The molecule has 1 amide bonds. The zero-order valence-corrected chi connectivity index (χ0v) is 12.8. The van der Waals surface area contributed by atoms with Crippen LogP contribution in [0.5, 0.6) is 17.2 Å². The molecule has 1 aromatic rings. The molecule has 1 heterocycles. The Balaban J connectivity index is 2.32. The molecule has 1 fully saturated rings. The van der Waals surface area contributed by atoms with Crippen molar-refractivity contribution in [2.45, 2.75) is 25.4 Å². The molecule has 0 aromatic heterocycles. The van der Waals surface area contributed by atoms with E-state index in [-0.39, 0.29) is 18.9 Å². The maximum Gasteiger partial charge on any atom is 0.326 e. The van der Waals surface area contributed by atoms with Crippen LogP contribution in [0.2, 0.25) is 0 Å².